The van der Waals surface area contributed by atoms with Gasteiger partial charge in [0.25, 0.3) is 5.91 Å². The number of benzene rings is 1. The van der Waals surface area contributed by atoms with Crippen LogP contribution in [-0.4, -0.2) is 50.2 Å². The van der Waals surface area contributed by atoms with Crippen LogP contribution in [0.15, 0.2) is 24.3 Å². The third kappa shape index (κ3) is 5.76. The molecular formula is C23H28N2O5. The third-order valence-electron chi connectivity index (χ3n) is 5.87. The second kappa shape index (κ2) is 10.7. The molecule has 2 aliphatic rings. The Balaban J connectivity index is 1.47. The second-order valence-electron chi connectivity index (χ2n) is 7.73. The molecule has 0 N–H and O–H groups in total. The summed E-state index contributed by atoms with van der Waals surface area (Å²) in [5.74, 6) is 1.57. The fourth-order valence-corrected chi connectivity index (χ4v) is 4.28. The van der Waals surface area contributed by atoms with Crippen molar-refractivity contribution in [2.45, 2.75) is 32.1 Å². The molecule has 7 nitrogen and oxygen atoms in total. The largest absolute Gasteiger partial charge is 0.493 e. The van der Waals surface area contributed by atoms with Crippen LogP contribution < -0.4 is 9.47 Å². The maximum atomic E-state index is 12.4. The molecule has 1 aliphatic carbocycles. The maximum absolute atomic E-state index is 12.4. The molecule has 2 atom stereocenters. The van der Waals surface area contributed by atoms with Gasteiger partial charge in [-0.15, -0.1) is 0 Å². The number of methoxy groups -OCH3 is 1. The molecule has 7 heteroatoms. The number of likely N-dealkylation sites (tertiary alicyclic amines) is 1. The molecule has 1 saturated heterocycles. The summed E-state index contributed by atoms with van der Waals surface area (Å²) >= 11 is 0. The number of carbonyl (C=O) groups excluding carboxylic acids is 2. The zero-order chi connectivity index (χ0) is 21.3. The van der Waals surface area contributed by atoms with Crippen molar-refractivity contribution in [3.63, 3.8) is 0 Å². The van der Waals surface area contributed by atoms with Crippen molar-refractivity contribution in [1.82, 2.24) is 4.90 Å². The Bertz CT molecular complexity index is 829. The Labute approximate surface area is 177 Å². The van der Waals surface area contributed by atoms with Crippen LogP contribution in [0.3, 0.4) is 0 Å². The maximum Gasteiger partial charge on any atom is 0.331 e. The number of carbonyl (C=O) groups is 2. The first kappa shape index (κ1) is 21.7. The Morgan fingerprint density at radius 1 is 1.20 bits per heavy atom. The molecule has 1 heterocycles. The van der Waals surface area contributed by atoms with Crippen LogP contribution in [0.2, 0.25) is 0 Å². The van der Waals surface area contributed by atoms with Gasteiger partial charge in [0.2, 0.25) is 0 Å². The van der Waals surface area contributed by atoms with Crippen LogP contribution in [-0.2, 0) is 14.3 Å². The number of hydrogen-bond donors (Lipinski definition) is 0. The first-order chi connectivity index (χ1) is 14.6. The molecule has 1 aliphatic heterocycles. The number of piperidine rings is 1. The summed E-state index contributed by atoms with van der Waals surface area (Å²) in [7, 11) is 1.50. The Kier molecular flexibility index (Phi) is 7.72. The van der Waals surface area contributed by atoms with Gasteiger partial charge in [-0.25, -0.2) is 4.79 Å². The Hall–Kier alpha value is -3.01. The van der Waals surface area contributed by atoms with Gasteiger partial charge in [0, 0.05) is 19.2 Å². The molecule has 1 aromatic rings. The number of nitrogens with zero attached hydrogens (tertiary/aromatic N) is 2. The number of esters is 1. The van der Waals surface area contributed by atoms with Crippen LogP contribution in [0.25, 0.3) is 6.08 Å². The lowest BCUT2D eigenvalue weighted by atomic mass is 9.75. The number of hydrogen-bond acceptors (Lipinski definition) is 6. The number of ether oxygens (including phenoxy) is 3. The van der Waals surface area contributed by atoms with E-state index in [0.717, 1.165) is 25.4 Å². The lowest BCUT2D eigenvalue weighted by Gasteiger charge is -2.41. The van der Waals surface area contributed by atoms with Crippen LogP contribution in [0.5, 0.6) is 11.5 Å². The van der Waals surface area contributed by atoms with Gasteiger partial charge in [0.15, 0.2) is 24.7 Å². The molecule has 0 bridgehead atoms. The average Bonchev–Trinajstić information content (AvgIpc) is 2.79. The highest BCUT2D eigenvalue weighted by Crippen LogP contribution is 2.36. The van der Waals surface area contributed by atoms with E-state index in [1.165, 1.54) is 38.9 Å². The monoisotopic (exact) mass is 412 g/mol. The zero-order valence-corrected chi connectivity index (χ0v) is 17.3. The van der Waals surface area contributed by atoms with E-state index in [0.29, 0.717) is 23.0 Å². The molecule has 30 heavy (non-hydrogen) atoms. The number of rotatable bonds is 7. The number of nitriles is 1. The van der Waals surface area contributed by atoms with Crippen LogP contribution in [0.4, 0.5) is 0 Å². The quantitative estimate of drug-likeness (QED) is 0.505. The summed E-state index contributed by atoms with van der Waals surface area (Å²) in [6.45, 7) is 1.24. The molecule has 0 radical (unpaired) electrons. The van der Waals surface area contributed by atoms with Gasteiger partial charge in [-0.05, 0) is 48.4 Å². The first-order valence-corrected chi connectivity index (χ1v) is 10.4. The number of amides is 1. The van der Waals surface area contributed by atoms with Crippen molar-refractivity contribution in [2.24, 2.45) is 11.8 Å². The van der Waals surface area contributed by atoms with Crippen molar-refractivity contribution in [3.05, 3.63) is 29.8 Å². The fraction of sp³-hybridized carbons (Fsp3) is 0.522. The predicted octanol–water partition coefficient (Wildman–Crippen LogP) is 3.19. The van der Waals surface area contributed by atoms with E-state index < -0.39 is 5.97 Å². The van der Waals surface area contributed by atoms with Gasteiger partial charge in [0.05, 0.1) is 7.11 Å². The van der Waals surface area contributed by atoms with Crippen molar-refractivity contribution in [2.75, 3.05) is 33.4 Å². The smallest absolute Gasteiger partial charge is 0.331 e. The molecule has 1 aromatic carbocycles. The lowest BCUT2D eigenvalue weighted by molar-refractivity contribution is -0.149. The molecule has 2 fully saturated rings. The summed E-state index contributed by atoms with van der Waals surface area (Å²) in [6.07, 6.45) is 8.95. The van der Waals surface area contributed by atoms with E-state index in [4.69, 9.17) is 19.5 Å². The van der Waals surface area contributed by atoms with Crippen LogP contribution in [0, 0.1) is 23.2 Å². The van der Waals surface area contributed by atoms with E-state index in [1.54, 1.807) is 24.3 Å². The lowest BCUT2D eigenvalue weighted by Crippen LogP contribution is -2.46. The summed E-state index contributed by atoms with van der Waals surface area (Å²) < 4.78 is 15.6. The molecule has 0 aromatic heterocycles. The molecule has 0 unspecified atom stereocenters. The standard InChI is InChI=1S/C23H28N2O5/c1-28-21-14-17(6-8-20(21)29-13-11-24)7-9-23(27)30-16-22(26)25-12-10-18-4-2-3-5-19(18)15-25/h6-9,14,18-19H,2-5,10,12-13,15-16H2,1H3/b9-7+/t18-,19-/m0/s1. The minimum Gasteiger partial charge on any atom is -0.493 e. The summed E-state index contributed by atoms with van der Waals surface area (Å²) in [5, 5.41) is 8.61. The first-order valence-electron chi connectivity index (χ1n) is 10.4. The van der Waals surface area contributed by atoms with E-state index in [-0.39, 0.29) is 19.1 Å². The van der Waals surface area contributed by atoms with Gasteiger partial charge in [-0.2, -0.15) is 5.26 Å². The van der Waals surface area contributed by atoms with Crippen molar-refractivity contribution < 1.29 is 23.8 Å². The van der Waals surface area contributed by atoms with Gasteiger partial charge < -0.3 is 19.1 Å². The number of fused-ring (bicyclic) bond motifs is 1. The van der Waals surface area contributed by atoms with Crippen LogP contribution >= 0.6 is 0 Å². The van der Waals surface area contributed by atoms with E-state index in [1.807, 2.05) is 11.0 Å². The van der Waals surface area contributed by atoms with Gasteiger partial charge in [-0.3, -0.25) is 4.79 Å². The minimum absolute atomic E-state index is 0.0790. The molecule has 1 saturated carbocycles. The van der Waals surface area contributed by atoms with E-state index in [9.17, 15) is 9.59 Å². The highest BCUT2D eigenvalue weighted by molar-refractivity contribution is 5.89. The van der Waals surface area contributed by atoms with E-state index in [2.05, 4.69) is 0 Å². The van der Waals surface area contributed by atoms with Crippen molar-refractivity contribution in [3.8, 4) is 17.6 Å². The van der Waals surface area contributed by atoms with Crippen molar-refractivity contribution >= 4 is 18.0 Å². The van der Waals surface area contributed by atoms with E-state index >= 15 is 0 Å². The normalized spacial score (nSPS) is 20.9. The highest BCUT2D eigenvalue weighted by atomic mass is 16.5. The van der Waals surface area contributed by atoms with Gasteiger partial charge in [-0.1, -0.05) is 25.3 Å². The minimum atomic E-state index is -0.570. The Morgan fingerprint density at radius 2 is 2.00 bits per heavy atom. The van der Waals surface area contributed by atoms with Gasteiger partial charge in [0.1, 0.15) is 6.07 Å². The summed E-state index contributed by atoms with van der Waals surface area (Å²) in [4.78, 5) is 26.3. The second-order valence-corrected chi connectivity index (χ2v) is 7.73. The molecule has 3 rings (SSSR count). The SMILES string of the molecule is COc1cc(/C=C/C(=O)OCC(=O)N2CC[C@@H]3CCCC[C@H]3C2)ccc1OCC#N. The summed E-state index contributed by atoms with van der Waals surface area (Å²) in [5.41, 5.74) is 0.707. The zero-order valence-electron chi connectivity index (χ0n) is 17.3. The summed E-state index contributed by atoms with van der Waals surface area (Å²) in [6, 6.07) is 6.99. The highest BCUT2D eigenvalue weighted by Gasteiger charge is 2.32. The molecule has 160 valence electrons. The predicted molar refractivity (Wildman–Crippen MR) is 111 cm³/mol. The average molecular weight is 412 g/mol. The van der Waals surface area contributed by atoms with Gasteiger partial charge >= 0.3 is 5.97 Å². The molecule has 0 spiro atoms. The Morgan fingerprint density at radius 3 is 2.77 bits per heavy atom. The van der Waals surface area contributed by atoms with Crippen molar-refractivity contribution in [1.29, 1.82) is 5.26 Å². The molecular weight excluding hydrogens is 384 g/mol. The topological polar surface area (TPSA) is 88.9 Å². The van der Waals surface area contributed by atoms with Crippen LogP contribution in [0.1, 0.15) is 37.7 Å². The molecule has 1 amide bonds. The third-order valence-corrected chi connectivity index (χ3v) is 5.87. The fourth-order valence-electron chi connectivity index (χ4n) is 4.28.